The zero-order valence-corrected chi connectivity index (χ0v) is 15.9. The number of rotatable bonds is 4. The number of nitrogens with zero attached hydrogens (tertiary/aromatic N) is 3. The van der Waals surface area contributed by atoms with Gasteiger partial charge in [-0.15, -0.1) is 0 Å². The van der Waals surface area contributed by atoms with Crippen LogP contribution in [0.25, 0.3) is 0 Å². The van der Waals surface area contributed by atoms with Gasteiger partial charge in [0.05, 0.1) is 6.10 Å². The molecule has 1 saturated heterocycles. The Hall–Kier alpha value is -2.40. The predicted octanol–water partition coefficient (Wildman–Crippen LogP) is 3.39. The third kappa shape index (κ3) is 4.05. The fourth-order valence-corrected chi connectivity index (χ4v) is 3.14. The summed E-state index contributed by atoms with van der Waals surface area (Å²) >= 11 is 0. The summed E-state index contributed by atoms with van der Waals surface area (Å²) in [5.41, 5.74) is 1.64. The average Bonchev–Trinajstić information content (AvgIpc) is 2.67. The predicted molar refractivity (Wildman–Crippen MR) is 103 cm³/mol. The standard InChI is InChI=1S/C21H27N3O2/c1-15(2)18-13-24(14-19(26-18)16-9-6-5-7-10-16)20-12-8-11-17(22-20)21(25)23(3)4/h5-12,15,18-19H,13-14H2,1-4H3/t18-,19+/m1/s1. The molecular formula is C21H27N3O2. The van der Waals surface area contributed by atoms with Crippen LogP contribution in [0.4, 0.5) is 5.82 Å². The van der Waals surface area contributed by atoms with Crippen molar-refractivity contribution in [1.82, 2.24) is 9.88 Å². The molecule has 0 aliphatic carbocycles. The highest BCUT2D eigenvalue weighted by atomic mass is 16.5. The Morgan fingerprint density at radius 3 is 2.50 bits per heavy atom. The maximum absolute atomic E-state index is 12.3. The minimum Gasteiger partial charge on any atom is -0.366 e. The van der Waals surface area contributed by atoms with Crippen molar-refractivity contribution < 1.29 is 9.53 Å². The number of aromatic nitrogens is 1. The normalized spacial score (nSPS) is 20.3. The van der Waals surface area contributed by atoms with Gasteiger partial charge in [0, 0.05) is 27.2 Å². The lowest BCUT2D eigenvalue weighted by atomic mass is 10.0. The van der Waals surface area contributed by atoms with Gasteiger partial charge in [-0.1, -0.05) is 50.2 Å². The van der Waals surface area contributed by atoms with E-state index in [4.69, 9.17) is 4.74 Å². The van der Waals surface area contributed by atoms with Crippen molar-refractivity contribution in [2.45, 2.75) is 26.1 Å². The Morgan fingerprint density at radius 2 is 1.85 bits per heavy atom. The monoisotopic (exact) mass is 353 g/mol. The summed E-state index contributed by atoms with van der Waals surface area (Å²) in [6.07, 6.45) is 0.108. The summed E-state index contributed by atoms with van der Waals surface area (Å²) < 4.78 is 6.36. The molecule has 26 heavy (non-hydrogen) atoms. The molecule has 0 N–H and O–H groups in total. The molecule has 0 saturated carbocycles. The minimum atomic E-state index is -0.0832. The van der Waals surface area contributed by atoms with Gasteiger partial charge in [-0.2, -0.15) is 0 Å². The second kappa shape index (κ2) is 7.87. The van der Waals surface area contributed by atoms with Gasteiger partial charge in [0.25, 0.3) is 5.91 Å². The molecule has 5 nitrogen and oxygen atoms in total. The van der Waals surface area contributed by atoms with E-state index in [9.17, 15) is 4.79 Å². The Balaban J connectivity index is 1.88. The first-order valence-electron chi connectivity index (χ1n) is 9.09. The van der Waals surface area contributed by atoms with Gasteiger partial charge in [-0.25, -0.2) is 4.98 Å². The first-order chi connectivity index (χ1) is 12.5. The summed E-state index contributed by atoms with van der Waals surface area (Å²) in [5, 5.41) is 0. The number of pyridine rings is 1. The molecule has 1 aliphatic heterocycles. The van der Waals surface area contributed by atoms with Gasteiger partial charge in [0.1, 0.15) is 17.6 Å². The van der Waals surface area contributed by atoms with Crippen molar-refractivity contribution in [3.8, 4) is 0 Å². The highest BCUT2D eigenvalue weighted by Crippen LogP contribution is 2.30. The van der Waals surface area contributed by atoms with Crippen molar-refractivity contribution in [2.24, 2.45) is 5.92 Å². The van der Waals surface area contributed by atoms with Crippen molar-refractivity contribution >= 4 is 11.7 Å². The molecular weight excluding hydrogens is 326 g/mol. The van der Waals surface area contributed by atoms with E-state index in [1.54, 1.807) is 25.1 Å². The molecule has 3 rings (SSSR count). The maximum atomic E-state index is 12.3. The maximum Gasteiger partial charge on any atom is 0.272 e. The number of anilines is 1. The molecule has 1 fully saturated rings. The van der Waals surface area contributed by atoms with E-state index in [-0.39, 0.29) is 18.1 Å². The summed E-state index contributed by atoms with van der Waals surface area (Å²) in [6.45, 7) is 5.85. The summed E-state index contributed by atoms with van der Waals surface area (Å²) in [6, 6.07) is 15.9. The van der Waals surface area contributed by atoms with Crippen molar-refractivity contribution in [3.05, 3.63) is 59.8 Å². The van der Waals surface area contributed by atoms with Crippen LogP contribution in [0.3, 0.4) is 0 Å². The number of hydrogen-bond donors (Lipinski definition) is 0. The number of ether oxygens (including phenoxy) is 1. The highest BCUT2D eigenvalue weighted by molar-refractivity contribution is 5.92. The van der Waals surface area contributed by atoms with Gasteiger partial charge in [-0.05, 0) is 23.6 Å². The Labute approximate surface area is 155 Å². The number of amides is 1. The largest absolute Gasteiger partial charge is 0.366 e. The number of benzene rings is 1. The van der Waals surface area contributed by atoms with Gasteiger partial charge in [-0.3, -0.25) is 4.79 Å². The van der Waals surface area contributed by atoms with Crippen molar-refractivity contribution in [2.75, 3.05) is 32.1 Å². The average molecular weight is 353 g/mol. The van der Waals surface area contributed by atoms with Crippen LogP contribution >= 0.6 is 0 Å². The summed E-state index contributed by atoms with van der Waals surface area (Å²) in [7, 11) is 3.48. The molecule has 1 aromatic heterocycles. The Kier molecular flexibility index (Phi) is 5.57. The molecule has 0 radical (unpaired) electrons. The van der Waals surface area contributed by atoms with Crippen LogP contribution in [-0.4, -0.2) is 49.1 Å². The Morgan fingerprint density at radius 1 is 1.12 bits per heavy atom. The lowest BCUT2D eigenvalue weighted by Crippen LogP contribution is -2.46. The molecule has 2 heterocycles. The summed E-state index contributed by atoms with van der Waals surface area (Å²) in [5.74, 6) is 1.14. The van der Waals surface area contributed by atoms with E-state index in [2.05, 4.69) is 35.9 Å². The third-order valence-corrected chi connectivity index (χ3v) is 4.72. The number of carbonyl (C=O) groups is 1. The number of morpholine rings is 1. The zero-order valence-electron chi connectivity index (χ0n) is 15.9. The molecule has 0 unspecified atom stereocenters. The molecule has 0 bridgehead atoms. The second-order valence-electron chi connectivity index (χ2n) is 7.30. The van der Waals surface area contributed by atoms with Crippen LogP contribution in [0.2, 0.25) is 0 Å². The van der Waals surface area contributed by atoms with E-state index >= 15 is 0 Å². The second-order valence-corrected chi connectivity index (χ2v) is 7.30. The van der Waals surface area contributed by atoms with E-state index in [0.717, 1.165) is 18.9 Å². The lowest BCUT2D eigenvalue weighted by Gasteiger charge is -2.40. The van der Waals surface area contributed by atoms with Gasteiger partial charge in [0.2, 0.25) is 0 Å². The molecule has 2 atom stereocenters. The smallest absolute Gasteiger partial charge is 0.272 e. The van der Waals surface area contributed by atoms with Crippen LogP contribution in [0.15, 0.2) is 48.5 Å². The van der Waals surface area contributed by atoms with Crippen LogP contribution in [0.1, 0.15) is 36.0 Å². The molecule has 1 amide bonds. The molecule has 138 valence electrons. The van der Waals surface area contributed by atoms with Crippen LogP contribution in [0.5, 0.6) is 0 Å². The first-order valence-corrected chi connectivity index (χ1v) is 9.09. The quantitative estimate of drug-likeness (QED) is 0.845. The molecule has 1 aromatic carbocycles. The SMILES string of the molecule is CC(C)[C@H]1CN(c2cccc(C(=O)N(C)C)n2)C[C@@H](c2ccccc2)O1. The minimum absolute atomic E-state index is 0.00708. The summed E-state index contributed by atoms with van der Waals surface area (Å²) in [4.78, 5) is 20.7. The van der Waals surface area contributed by atoms with Gasteiger partial charge in [0.15, 0.2) is 0 Å². The van der Waals surface area contributed by atoms with Crippen molar-refractivity contribution in [3.63, 3.8) is 0 Å². The van der Waals surface area contributed by atoms with E-state index in [1.165, 1.54) is 5.56 Å². The molecule has 0 spiro atoms. The van der Waals surface area contributed by atoms with Crippen LogP contribution in [0, 0.1) is 5.92 Å². The van der Waals surface area contributed by atoms with E-state index < -0.39 is 0 Å². The van der Waals surface area contributed by atoms with Crippen LogP contribution in [-0.2, 0) is 4.74 Å². The van der Waals surface area contributed by atoms with E-state index in [1.807, 2.05) is 30.3 Å². The van der Waals surface area contributed by atoms with Gasteiger partial charge >= 0.3 is 0 Å². The fourth-order valence-electron chi connectivity index (χ4n) is 3.14. The fraction of sp³-hybridized carbons (Fsp3) is 0.429. The first kappa shape index (κ1) is 18.4. The lowest BCUT2D eigenvalue weighted by molar-refractivity contribution is -0.0500. The third-order valence-electron chi connectivity index (χ3n) is 4.72. The Bertz CT molecular complexity index is 746. The van der Waals surface area contributed by atoms with E-state index in [0.29, 0.717) is 11.6 Å². The number of carbonyl (C=O) groups excluding carboxylic acids is 1. The molecule has 1 aliphatic rings. The molecule has 5 heteroatoms. The van der Waals surface area contributed by atoms with Crippen molar-refractivity contribution in [1.29, 1.82) is 0 Å². The molecule has 2 aromatic rings. The zero-order chi connectivity index (χ0) is 18.7. The van der Waals surface area contributed by atoms with Crippen LogP contribution < -0.4 is 4.90 Å². The number of hydrogen-bond acceptors (Lipinski definition) is 4. The van der Waals surface area contributed by atoms with Gasteiger partial charge < -0.3 is 14.5 Å². The topological polar surface area (TPSA) is 45.7 Å². The highest BCUT2D eigenvalue weighted by Gasteiger charge is 2.31.